The molecule has 4 heterocycles. The number of hydrogen-bond donors (Lipinski definition) is 1. The highest BCUT2D eigenvalue weighted by Crippen LogP contribution is 2.31. The SMILES string of the molecule is c1coc(-c2cnc(NC[C@H]3COCCO3)nc2-c2ccco2)c1. The average molecular weight is 327 g/mol. The molecule has 1 fully saturated rings. The van der Waals surface area contributed by atoms with Gasteiger partial charge in [-0.25, -0.2) is 9.97 Å². The van der Waals surface area contributed by atoms with E-state index in [0.29, 0.717) is 49.5 Å². The van der Waals surface area contributed by atoms with Crippen LogP contribution in [0.3, 0.4) is 0 Å². The standard InChI is InChI=1S/C17H17N3O4/c1-3-14(23-5-1)13-10-19-17(18-9-12-11-21-7-8-22-12)20-16(13)15-4-2-6-24-15/h1-6,10,12H,7-9,11H2,(H,18,19,20)/t12-/m0/s1. The molecule has 3 aromatic heterocycles. The van der Waals surface area contributed by atoms with E-state index >= 15 is 0 Å². The van der Waals surface area contributed by atoms with Crippen molar-refractivity contribution >= 4 is 5.95 Å². The fraction of sp³-hybridized carbons (Fsp3) is 0.294. The van der Waals surface area contributed by atoms with Gasteiger partial charge in [-0.2, -0.15) is 0 Å². The molecule has 1 saturated heterocycles. The second kappa shape index (κ2) is 6.86. The van der Waals surface area contributed by atoms with Gasteiger partial charge >= 0.3 is 0 Å². The Morgan fingerprint density at radius 2 is 1.92 bits per heavy atom. The van der Waals surface area contributed by atoms with Gasteiger partial charge in [0.25, 0.3) is 0 Å². The maximum Gasteiger partial charge on any atom is 0.223 e. The molecule has 0 radical (unpaired) electrons. The van der Waals surface area contributed by atoms with Crippen LogP contribution in [0.15, 0.2) is 51.8 Å². The monoisotopic (exact) mass is 327 g/mol. The van der Waals surface area contributed by atoms with Crippen molar-refractivity contribution in [3.05, 3.63) is 43.0 Å². The molecular formula is C17H17N3O4. The molecular weight excluding hydrogens is 310 g/mol. The Bertz CT molecular complexity index is 765. The molecule has 7 nitrogen and oxygen atoms in total. The van der Waals surface area contributed by atoms with Crippen molar-refractivity contribution in [2.24, 2.45) is 0 Å². The highest BCUT2D eigenvalue weighted by Gasteiger charge is 2.17. The van der Waals surface area contributed by atoms with Crippen LogP contribution in [0.2, 0.25) is 0 Å². The zero-order valence-corrected chi connectivity index (χ0v) is 13.0. The molecule has 0 spiro atoms. The minimum atomic E-state index is -0.000775. The molecule has 0 bridgehead atoms. The van der Waals surface area contributed by atoms with E-state index in [-0.39, 0.29) is 6.10 Å². The highest BCUT2D eigenvalue weighted by atomic mass is 16.6. The van der Waals surface area contributed by atoms with Crippen LogP contribution in [-0.4, -0.2) is 42.4 Å². The largest absolute Gasteiger partial charge is 0.464 e. The summed E-state index contributed by atoms with van der Waals surface area (Å²) in [6.45, 7) is 2.41. The highest BCUT2D eigenvalue weighted by molar-refractivity contribution is 5.75. The van der Waals surface area contributed by atoms with E-state index < -0.39 is 0 Å². The molecule has 1 aliphatic heterocycles. The molecule has 124 valence electrons. The minimum absolute atomic E-state index is 0.000775. The van der Waals surface area contributed by atoms with Gasteiger partial charge in [-0.15, -0.1) is 0 Å². The lowest BCUT2D eigenvalue weighted by Crippen LogP contribution is -2.34. The fourth-order valence-electron chi connectivity index (χ4n) is 2.54. The average Bonchev–Trinajstić information content (AvgIpc) is 3.34. The second-order valence-electron chi connectivity index (χ2n) is 5.36. The third kappa shape index (κ3) is 3.17. The van der Waals surface area contributed by atoms with E-state index in [1.807, 2.05) is 24.3 Å². The predicted molar refractivity (Wildman–Crippen MR) is 86.5 cm³/mol. The molecule has 1 N–H and O–H groups in total. The summed E-state index contributed by atoms with van der Waals surface area (Å²) in [7, 11) is 0. The lowest BCUT2D eigenvalue weighted by atomic mass is 10.1. The van der Waals surface area contributed by atoms with Gasteiger partial charge in [0, 0.05) is 12.7 Å². The van der Waals surface area contributed by atoms with Gasteiger partial charge in [-0.1, -0.05) is 0 Å². The number of aromatic nitrogens is 2. The molecule has 1 atom stereocenters. The molecule has 0 aliphatic carbocycles. The lowest BCUT2D eigenvalue weighted by Gasteiger charge is -2.23. The lowest BCUT2D eigenvalue weighted by molar-refractivity contribution is -0.0819. The molecule has 3 aromatic rings. The summed E-state index contributed by atoms with van der Waals surface area (Å²) >= 11 is 0. The Labute approximate surface area is 138 Å². The fourth-order valence-corrected chi connectivity index (χ4v) is 2.54. The topological polar surface area (TPSA) is 82.6 Å². The van der Waals surface area contributed by atoms with Crippen molar-refractivity contribution < 1.29 is 18.3 Å². The van der Waals surface area contributed by atoms with E-state index in [2.05, 4.69) is 15.3 Å². The summed E-state index contributed by atoms with van der Waals surface area (Å²) in [6.07, 6.45) is 4.96. The molecule has 0 amide bonds. The van der Waals surface area contributed by atoms with Gasteiger partial charge < -0.3 is 23.6 Å². The van der Waals surface area contributed by atoms with Crippen LogP contribution >= 0.6 is 0 Å². The molecule has 1 aliphatic rings. The Morgan fingerprint density at radius 3 is 2.62 bits per heavy atom. The summed E-state index contributed by atoms with van der Waals surface area (Å²) in [5, 5.41) is 3.19. The van der Waals surface area contributed by atoms with E-state index in [1.165, 1.54) is 0 Å². The van der Waals surface area contributed by atoms with Crippen molar-refractivity contribution in [3.63, 3.8) is 0 Å². The van der Waals surface area contributed by atoms with Crippen LogP contribution in [0.5, 0.6) is 0 Å². The Hall–Kier alpha value is -2.64. The third-order valence-electron chi connectivity index (χ3n) is 3.70. The predicted octanol–water partition coefficient (Wildman–Crippen LogP) is 2.82. The minimum Gasteiger partial charge on any atom is -0.464 e. The third-order valence-corrected chi connectivity index (χ3v) is 3.70. The van der Waals surface area contributed by atoms with E-state index in [0.717, 1.165) is 5.56 Å². The van der Waals surface area contributed by atoms with E-state index in [4.69, 9.17) is 18.3 Å². The summed E-state index contributed by atoms with van der Waals surface area (Å²) < 4.78 is 22.0. The maximum atomic E-state index is 5.61. The maximum absolute atomic E-state index is 5.61. The smallest absolute Gasteiger partial charge is 0.223 e. The van der Waals surface area contributed by atoms with Crippen molar-refractivity contribution in [1.29, 1.82) is 0 Å². The first-order chi connectivity index (χ1) is 11.9. The second-order valence-corrected chi connectivity index (χ2v) is 5.36. The quantitative estimate of drug-likeness (QED) is 0.771. The number of furan rings is 2. The number of nitrogens with zero attached hydrogens (tertiary/aromatic N) is 2. The molecule has 0 unspecified atom stereocenters. The van der Waals surface area contributed by atoms with Crippen molar-refractivity contribution in [1.82, 2.24) is 9.97 Å². The molecule has 0 saturated carbocycles. The molecule has 7 heteroatoms. The zero-order chi connectivity index (χ0) is 16.2. The van der Waals surface area contributed by atoms with E-state index in [9.17, 15) is 0 Å². The van der Waals surface area contributed by atoms with Crippen LogP contribution in [-0.2, 0) is 9.47 Å². The van der Waals surface area contributed by atoms with Gasteiger partial charge in [-0.05, 0) is 24.3 Å². The number of rotatable bonds is 5. The number of nitrogens with one attached hydrogen (secondary N) is 1. The summed E-state index contributed by atoms with van der Waals surface area (Å²) in [5.74, 6) is 1.85. The first kappa shape index (κ1) is 14.9. The molecule has 4 rings (SSSR count). The van der Waals surface area contributed by atoms with Gasteiger partial charge in [0.05, 0.1) is 44.0 Å². The van der Waals surface area contributed by atoms with Gasteiger partial charge in [0.2, 0.25) is 5.95 Å². The number of hydrogen-bond acceptors (Lipinski definition) is 7. The van der Waals surface area contributed by atoms with Crippen LogP contribution in [0.25, 0.3) is 22.8 Å². The van der Waals surface area contributed by atoms with Gasteiger partial charge in [-0.3, -0.25) is 0 Å². The first-order valence-corrected chi connectivity index (χ1v) is 7.78. The Morgan fingerprint density at radius 1 is 1.08 bits per heavy atom. The van der Waals surface area contributed by atoms with Crippen LogP contribution in [0.1, 0.15) is 0 Å². The van der Waals surface area contributed by atoms with E-state index in [1.54, 1.807) is 18.7 Å². The van der Waals surface area contributed by atoms with Gasteiger partial charge in [0.1, 0.15) is 11.5 Å². The van der Waals surface area contributed by atoms with Gasteiger partial charge in [0.15, 0.2) is 5.76 Å². The number of ether oxygens (including phenoxy) is 2. The van der Waals surface area contributed by atoms with Crippen LogP contribution in [0, 0.1) is 0 Å². The van der Waals surface area contributed by atoms with Crippen molar-refractivity contribution in [2.75, 3.05) is 31.7 Å². The first-order valence-electron chi connectivity index (χ1n) is 7.78. The summed E-state index contributed by atoms with van der Waals surface area (Å²) in [4.78, 5) is 8.95. The molecule has 24 heavy (non-hydrogen) atoms. The van der Waals surface area contributed by atoms with Crippen LogP contribution in [0.4, 0.5) is 5.95 Å². The Balaban J connectivity index is 1.59. The number of anilines is 1. The summed E-state index contributed by atoms with van der Waals surface area (Å²) in [6, 6.07) is 7.37. The Kier molecular flexibility index (Phi) is 4.26. The zero-order valence-electron chi connectivity index (χ0n) is 13.0. The molecule has 0 aromatic carbocycles. The summed E-state index contributed by atoms with van der Waals surface area (Å²) in [5.41, 5.74) is 1.45. The van der Waals surface area contributed by atoms with Crippen molar-refractivity contribution in [2.45, 2.75) is 6.10 Å². The van der Waals surface area contributed by atoms with Crippen LogP contribution < -0.4 is 5.32 Å². The van der Waals surface area contributed by atoms with Crippen molar-refractivity contribution in [3.8, 4) is 22.8 Å². The normalized spacial score (nSPS) is 17.8.